The molecule has 132 valence electrons. The summed E-state index contributed by atoms with van der Waals surface area (Å²) in [6.45, 7) is 4.14. The van der Waals surface area contributed by atoms with Gasteiger partial charge in [0.05, 0.1) is 21.3 Å². The number of allylic oxidation sites excluding steroid dienone is 1. The monoisotopic (exact) mass is 340 g/mol. The quantitative estimate of drug-likeness (QED) is 0.628. The van der Waals surface area contributed by atoms with Crippen LogP contribution in [0.25, 0.3) is 6.08 Å². The molecule has 2 aromatic rings. The second-order valence-electron chi connectivity index (χ2n) is 5.33. The van der Waals surface area contributed by atoms with Gasteiger partial charge in [0.15, 0.2) is 0 Å². The van der Waals surface area contributed by atoms with Crippen molar-refractivity contribution in [1.82, 2.24) is 0 Å². The maximum Gasteiger partial charge on any atom is 0.126 e. The van der Waals surface area contributed by atoms with Gasteiger partial charge in [0, 0.05) is 12.1 Å². The molecule has 0 unspecified atom stereocenters. The molecule has 4 heteroatoms. The van der Waals surface area contributed by atoms with E-state index in [1.54, 1.807) is 27.4 Å². The number of rotatable bonds is 9. The molecule has 0 fully saturated rings. The Morgan fingerprint density at radius 3 is 2.16 bits per heavy atom. The van der Waals surface area contributed by atoms with E-state index in [1.165, 1.54) is 0 Å². The van der Waals surface area contributed by atoms with E-state index >= 15 is 0 Å². The minimum absolute atomic E-state index is 0.455. The van der Waals surface area contributed by atoms with Crippen molar-refractivity contribution in [3.63, 3.8) is 0 Å². The minimum Gasteiger partial charge on any atom is -0.497 e. The van der Waals surface area contributed by atoms with E-state index in [4.69, 9.17) is 18.9 Å². The van der Waals surface area contributed by atoms with Gasteiger partial charge < -0.3 is 18.9 Å². The number of ether oxygens (including phenoxy) is 4. The fourth-order valence-electron chi connectivity index (χ4n) is 2.36. The molecular weight excluding hydrogens is 316 g/mol. The van der Waals surface area contributed by atoms with E-state index < -0.39 is 0 Å². The van der Waals surface area contributed by atoms with Crippen LogP contribution in [0.3, 0.4) is 0 Å². The normalized spacial score (nSPS) is 10.5. The van der Waals surface area contributed by atoms with E-state index in [2.05, 4.69) is 12.7 Å². The highest BCUT2D eigenvalue weighted by atomic mass is 16.5. The van der Waals surface area contributed by atoms with Crippen molar-refractivity contribution >= 4 is 6.08 Å². The predicted octanol–water partition coefficient (Wildman–Crippen LogP) is 4.53. The van der Waals surface area contributed by atoms with Crippen LogP contribution in [0.15, 0.2) is 55.1 Å². The second kappa shape index (κ2) is 9.42. The Morgan fingerprint density at radius 1 is 0.880 bits per heavy atom. The maximum atomic E-state index is 5.73. The van der Waals surface area contributed by atoms with Crippen molar-refractivity contribution in [2.75, 3.05) is 27.9 Å². The van der Waals surface area contributed by atoms with Crippen LogP contribution in [0.4, 0.5) is 0 Å². The van der Waals surface area contributed by atoms with Gasteiger partial charge in [-0.3, -0.25) is 0 Å². The summed E-state index contributed by atoms with van der Waals surface area (Å²) < 4.78 is 21.6. The molecular formula is C21H24O4. The standard InChI is InChI=1S/C21H24O4/c1-5-11-25-21-15-18(22-2)10-9-17(21)8-6-7-16-12-19(23-3)14-20(13-16)24-4/h5-7,9-10,12-15H,1,8,11H2,2-4H3/b7-6+. The third-order valence-electron chi connectivity index (χ3n) is 3.65. The van der Waals surface area contributed by atoms with Gasteiger partial charge in [-0.15, -0.1) is 0 Å². The average Bonchev–Trinajstić information content (AvgIpc) is 2.66. The van der Waals surface area contributed by atoms with Crippen molar-refractivity contribution in [2.45, 2.75) is 6.42 Å². The molecule has 25 heavy (non-hydrogen) atoms. The van der Waals surface area contributed by atoms with Crippen molar-refractivity contribution in [3.8, 4) is 23.0 Å². The molecule has 0 atom stereocenters. The number of hydrogen-bond donors (Lipinski definition) is 0. The third kappa shape index (κ3) is 5.31. The Hall–Kier alpha value is -2.88. The number of methoxy groups -OCH3 is 3. The Kier molecular flexibility index (Phi) is 6.96. The highest BCUT2D eigenvalue weighted by molar-refractivity contribution is 5.56. The summed E-state index contributed by atoms with van der Waals surface area (Å²) in [5.41, 5.74) is 2.09. The first-order valence-electron chi connectivity index (χ1n) is 8.00. The summed E-state index contributed by atoms with van der Waals surface area (Å²) >= 11 is 0. The Morgan fingerprint density at radius 2 is 1.56 bits per heavy atom. The highest BCUT2D eigenvalue weighted by Gasteiger charge is 2.05. The molecule has 4 nitrogen and oxygen atoms in total. The summed E-state index contributed by atoms with van der Waals surface area (Å²) in [7, 11) is 4.92. The van der Waals surface area contributed by atoms with Crippen molar-refractivity contribution < 1.29 is 18.9 Å². The molecule has 0 N–H and O–H groups in total. The van der Waals surface area contributed by atoms with Gasteiger partial charge in [0.25, 0.3) is 0 Å². The van der Waals surface area contributed by atoms with E-state index in [1.807, 2.05) is 42.5 Å². The molecule has 2 aromatic carbocycles. The van der Waals surface area contributed by atoms with Crippen molar-refractivity contribution in [3.05, 3.63) is 66.3 Å². The van der Waals surface area contributed by atoms with Gasteiger partial charge in [0.1, 0.15) is 29.6 Å². The van der Waals surface area contributed by atoms with Crippen molar-refractivity contribution in [2.24, 2.45) is 0 Å². The first kappa shape index (κ1) is 18.5. The van der Waals surface area contributed by atoms with Crippen LogP contribution >= 0.6 is 0 Å². The van der Waals surface area contributed by atoms with E-state index in [9.17, 15) is 0 Å². The molecule has 0 aliphatic rings. The number of hydrogen-bond acceptors (Lipinski definition) is 4. The molecule has 0 aliphatic carbocycles. The van der Waals surface area contributed by atoms with E-state index in [-0.39, 0.29) is 0 Å². The summed E-state index contributed by atoms with van der Waals surface area (Å²) in [5.74, 6) is 3.09. The zero-order chi connectivity index (χ0) is 18.1. The van der Waals surface area contributed by atoms with Crippen LogP contribution in [0.2, 0.25) is 0 Å². The van der Waals surface area contributed by atoms with Crippen LogP contribution in [0.1, 0.15) is 11.1 Å². The molecule has 0 spiro atoms. The molecule has 0 bridgehead atoms. The molecule has 0 saturated carbocycles. The fourth-order valence-corrected chi connectivity index (χ4v) is 2.36. The SMILES string of the molecule is C=CCOc1cc(OC)ccc1C/C=C/c1cc(OC)cc(OC)c1. The lowest BCUT2D eigenvalue weighted by molar-refractivity contribution is 0.354. The molecule has 0 radical (unpaired) electrons. The van der Waals surface area contributed by atoms with Gasteiger partial charge in [0.2, 0.25) is 0 Å². The van der Waals surface area contributed by atoms with Gasteiger partial charge in [-0.1, -0.05) is 30.9 Å². The third-order valence-corrected chi connectivity index (χ3v) is 3.65. The second-order valence-corrected chi connectivity index (χ2v) is 5.33. The van der Waals surface area contributed by atoms with Crippen LogP contribution in [-0.2, 0) is 6.42 Å². The summed E-state index contributed by atoms with van der Waals surface area (Å²) in [6, 6.07) is 11.6. The van der Waals surface area contributed by atoms with Crippen LogP contribution in [-0.4, -0.2) is 27.9 Å². The maximum absolute atomic E-state index is 5.73. The topological polar surface area (TPSA) is 36.9 Å². The average molecular weight is 340 g/mol. The fraction of sp³-hybridized carbons (Fsp3) is 0.238. The summed E-state index contributed by atoms with van der Waals surface area (Å²) in [6.07, 6.45) is 6.57. The first-order valence-corrected chi connectivity index (χ1v) is 8.00. The van der Waals surface area contributed by atoms with Gasteiger partial charge in [-0.2, -0.15) is 0 Å². The van der Waals surface area contributed by atoms with Gasteiger partial charge in [-0.05, 0) is 35.7 Å². The lowest BCUT2D eigenvalue weighted by Gasteiger charge is -2.11. The molecule has 0 heterocycles. The summed E-state index contributed by atoms with van der Waals surface area (Å²) in [4.78, 5) is 0. The molecule has 2 rings (SSSR count). The van der Waals surface area contributed by atoms with Crippen LogP contribution in [0.5, 0.6) is 23.0 Å². The van der Waals surface area contributed by atoms with Crippen molar-refractivity contribution in [1.29, 1.82) is 0 Å². The Bertz CT molecular complexity index is 712. The molecule has 0 amide bonds. The Balaban J connectivity index is 2.17. The molecule has 0 aliphatic heterocycles. The lowest BCUT2D eigenvalue weighted by atomic mass is 10.1. The van der Waals surface area contributed by atoms with Crippen LogP contribution in [0, 0.1) is 0 Å². The molecule has 0 saturated heterocycles. The lowest BCUT2D eigenvalue weighted by Crippen LogP contribution is -1.98. The largest absolute Gasteiger partial charge is 0.497 e. The molecule has 0 aromatic heterocycles. The smallest absolute Gasteiger partial charge is 0.126 e. The van der Waals surface area contributed by atoms with Gasteiger partial charge in [-0.25, -0.2) is 0 Å². The Labute approximate surface area is 149 Å². The zero-order valence-corrected chi connectivity index (χ0v) is 15.0. The predicted molar refractivity (Wildman–Crippen MR) is 101 cm³/mol. The van der Waals surface area contributed by atoms with E-state index in [0.717, 1.165) is 40.5 Å². The number of benzene rings is 2. The zero-order valence-electron chi connectivity index (χ0n) is 15.0. The van der Waals surface area contributed by atoms with Gasteiger partial charge >= 0.3 is 0 Å². The van der Waals surface area contributed by atoms with Crippen LogP contribution < -0.4 is 18.9 Å². The first-order chi connectivity index (χ1) is 12.2. The summed E-state index contributed by atoms with van der Waals surface area (Å²) in [5, 5.41) is 0. The van der Waals surface area contributed by atoms with E-state index in [0.29, 0.717) is 6.61 Å². The highest BCUT2D eigenvalue weighted by Crippen LogP contribution is 2.27. The minimum atomic E-state index is 0.455.